The Hall–Kier alpha value is -2.66. The van der Waals surface area contributed by atoms with Gasteiger partial charge < -0.3 is 24.4 Å². The van der Waals surface area contributed by atoms with Crippen molar-refractivity contribution < 1.29 is 27.8 Å². The van der Waals surface area contributed by atoms with Crippen LogP contribution >= 0.6 is 0 Å². The van der Waals surface area contributed by atoms with E-state index in [9.17, 15) is 18.3 Å². The van der Waals surface area contributed by atoms with Gasteiger partial charge in [0.1, 0.15) is 5.75 Å². The molecule has 10 heteroatoms. The Labute approximate surface area is 252 Å². The van der Waals surface area contributed by atoms with Crippen molar-refractivity contribution in [1.82, 2.24) is 9.80 Å². The number of benzene rings is 2. The van der Waals surface area contributed by atoms with E-state index in [1.807, 2.05) is 13.8 Å². The molecule has 4 atom stereocenters. The number of amides is 1. The zero-order valence-electron chi connectivity index (χ0n) is 26.0. The number of carbonyl (C=O) groups is 1. The fraction of sp³-hybridized carbons (Fsp3) is 0.594. The van der Waals surface area contributed by atoms with Crippen LogP contribution in [0.15, 0.2) is 47.4 Å². The first-order valence-electron chi connectivity index (χ1n) is 15.1. The fourth-order valence-corrected chi connectivity index (χ4v) is 6.21. The highest BCUT2D eigenvalue weighted by Gasteiger charge is 2.30. The number of likely N-dealkylation sites (N-methyl/N-ethyl adjacent to an activating group) is 1. The molecule has 2 N–H and O–H groups in total. The third kappa shape index (κ3) is 9.42. The van der Waals surface area contributed by atoms with E-state index in [0.717, 1.165) is 44.3 Å². The van der Waals surface area contributed by atoms with E-state index in [4.69, 9.17) is 9.47 Å². The summed E-state index contributed by atoms with van der Waals surface area (Å²) < 4.78 is 41.5. The zero-order valence-corrected chi connectivity index (χ0v) is 26.8. The van der Waals surface area contributed by atoms with Crippen LogP contribution in [0.1, 0.15) is 69.3 Å². The largest absolute Gasteiger partial charge is 0.490 e. The lowest BCUT2D eigenvalue weighted by Gasteiger charge is -2.35. The maximum absolute atomic E-state index is 14.2. The van der Waals surface area contributed by atoms with E-state index in [1.54, 1.807) is 48.2 Å². The maximum atomic E-state index is 14.2. The molecule has 0 fully saturated rings. The summed E-state index contributed by atoms with van der Waals surface area (Å²) in [7, 11) is -1.80. The van der Waals surface area contributed by atoms with E-state index in [2.05, 4.69) is 30.5 Å². The number of fused-ring (bicyclic) bond motifs is 1. The number of nitrogens with one attached hydrogen (secondary N) is 1. The third-order valence-corrected chi connectivity index (χ3v) is 9.13. The molecule has 0 aliphatic carbocycles. The highest BCUT2D eigenvalue weighted by atomic mass is 32.2. The summed E-state index contributed by atoms with van der Waals surface area (Å²) in [5, 5.41) is 10.1. The van der Waals surface area contributed by atoms with Crippen LogP contribution in [0.5, 0.6) is 5.75 Å². The summed E-state index contributed by atoms with van der Waals surface area (Å²) in [5.74, 6) is 0.0394. The first kappa shape index (κ1) is 33.8. The van der Waals surface area contributed by atoms with Gasteiger partial charge in [0.15, 0.2) is 0 Å². The van der Waals surface area contributed by atoms with Gasteiger partial charge in [-0.1, -0.05) is 31.5 Å². The monoisotopic (exact) mass is 603 g/mol. The summed E-state index contributed by atoms with van der Waals surface area (Å²) in [6.45, 7) is 12.4. The van der Waals surface area contributed by atoms with Crippen molar-refractivity contribution in [3.63, 3.8) is 0 Å². The zero-order chi connectivity index (χ0) is 30.9. The number of aliphatic hydroxyl groups is 1. The first-order valence-corrected chi connectivity index (χ1v) is 16.6. The smallest absolute Gasteiger partial charge is 0.261 e. The van der Waals surface area contributed by atoms with E-state index < -0.39 is 16.1 Å². The van der Waals surface area contributed by atoms with Gasteiger partial charge in [0.25, 0.3) is 15.9 Å². The lowest BCUT2D eigenvalue weighted by Crippen LogP contribution is -2.47. The lowest BCUT2D eigenvalue weighted by molar-refractivity contribution is -0.0167. The Bertz CT molecular complexity index is 1250. The van der Waals surface area contributed by atoms with Crippen molar-refractivity contribution >= 4 is 21.6 Å². The van der Waals surface area contributed by atoms with Gasteiger partial charge in [-0.3, -0.25) is 9.52 Å². The summed E-state index contributed by atoms with van der Waals surface area (Å²) in [6.07, 6.45) is 3.38. The molecule has 0 bridgehead atoms. The minimum atomic E-state index is -3.88. The van der Waals surface area contributed by atoms with Gasteiger partial charge >= 0.3 is 0 Å². The molecule has 1 heterocycles. The molecule has 1 amide bonds. The highest BCUT2D eigenvalue weighted by molar-refractivity contribution is 7.92. The van der Waals surface area contributed by atoms with E-state index >= 15 is 0 Å². The Kier molecular flexibility index (Phi) is 12.7. The number of carbonyl (C=O) groups excluding carboxylic acids is 1. The van der Waals surface area contributed by atoms with Crippen LogP contribution in [0.2, 0.25) is 0 Å². The number of nitrogens with zero attached hydrogens (tertiary/aromatic N) is 2. The van der Waals surface area contributed by atoms with E-state index in [-0.39, 0.29) is 46.8 Å². The predicted octanol–water partition coefficient (Wildman–Crippen LogP) is 4.93. The Morgan fingerprint density at radius 2 is 1.86 bits per heavy atom. The average molecular weight is 604 g/mol. The molecule has 0 aromatic heterocycles. The summed E-state index contributed by atoms with van der Waals surface area (Å²) in [6, 6.07) is 10.9. The number of ether oxygens (including phenoxy) is 2. The van der Waals surface area contributed by atoms with Gasteiger partial charge in [0.05, 0.1) is 35.3 Å². The Morgan fingerprint density at radius 3 is 2.52 bits per heavy atom. The number of sulfonamides is 1. The van der Waals surface area contributed by atoms with Crippen molar-refractivity contribution in [2.75, 3.05) is 44.6 Å². The quantitative estimate of drug-likeness (QED) is 0.418. The van der Waals surface area contributed by atoms with Gasteiger partial charge in [-0.15, -0.1) is 0 Å². The first-order chi connectivity index (χ1) is 19.9. The topological polar surface area (TPSA) is 108 Å². The third-order valence-electron chi connectivity index (χ3n) is 7.73. The SMILES string of the molecule is CCCN(C)C[C@H]1OCCCC[C@H](C)Oc2ccc(NS(=O)(=O)c3ccc(C)cc3)cc2C(=O)N([C@@H](C)CO)C[C@H]1C. The molecular formula is C32H49N3O6S. The fourth-order valence-electron chi connectivity index (χ4n) is 5.16. The summed E-state index contributed by atoms with van der Waals surface area (Å²) in [5.41, 5.74) is 1.46. The van der Waals surface area contributed by atoms with Gasteiger partial charge in [-0.05, 0) is 90.4 Å². The molecule has 0 unspecified atom stereocenters. The number of aryl methyl sites for hydroxylation is 1. The Morgan fingerprint density at radius 1 is 1.14 bits per heavy atom. The average Bonchev–Trinajstić information content (AvgIpc) is 2.94. The molecule has 234 valence electrons. The number of hydrogen-bond acceptors (Lipinski definition) is 7. The molecule has 0 saturated carbocycles. The maximum Gasteiger partial charge on any atom is 0.261 e. The number of hydrogen-bond donors (Lipinski definition) is 2. The molecule has 0 radical (unpaired) electrons. The number of aliphatic hydroxyl groups excluding tert-OH is 1. The van der Waals surface area contributed by atoms with Crippen molar-refractivity contribution in [2.24, 2.45) is 5.92 Å². The van der Waals surface area contributed by atoms with Crippen LogP contribution in [0, 0.1) is 12.8 Å². The predicted molar refractivity (Wildman–Crippen MR) is 167 cm³/mol. The second-order valence-electron chi connectivity index (χ2n) is 11.7. The van der Waals surface area contributed by atoms with Crippen molar-refractivity contribution in [1.29, 1.82) is 0 Å². The van der Waals surface area contributed by atoms with Crippen LogP contribution in [0.3, 0.4) is 0 Å². The van der Waals surface area contributed by atoms with Crippen LogP contribution < -0.4 is 9.46 Å². The number of rotatable bonds is 9. The molecule has 2 aromatic carbocycles. The van der Waals surface area contributed by atoms with Crippen molar-refractivity contribution in [3.05, 3.63) is 53.6 Å². The normalized spacial score (nSPS) is 21.8. The molecule has 0 spiro atoms. The molecule has 9 nitrogen and oxygen atoms in total. The summed E-state index contributed by atoms with van der Waals surface area (Å²) in [4.78, 5) is 18.3. The minimum Gasteiger partial charge on any atom is -0.490 e. The molecule has 3 rings (SSSR count). The molecule has 1 aliphatic heterocycles. The van der Waals surface area contributed by atoms with Crippen molar-refractivity contribution in [3.8, 4) is 5.75 Å². The highest BCUT2D eigenvalue weighted by Crippen LogP contribution is 2.29. The van der Waals surface area contributed by atoms with Crippen LogP contribution in [-0.4, -0.2) is 87.4 Å². The molecule has 42 heavy (non-hydrogen) atoms. The molecule has 2 aromatic rings. The van der Waals surface area contributed by atoms with Gasteiger partial charge in [-0.25, -0.2) is 8.42 Å². The van der Waals surface area contributed by atoms with Crippen LogP contribution in [0.4, 0.5) is 5.69 Å². The minimum absolute atomic E-state index is 0.0169. The van der Waals surface area contributed by atoms with Gasteiger partial charge in [-0.2, -0.15) is 0 Å². The van der Waals surface area contributed by atoms with Gasteiger partial charge in [0.2, 0.25) is 0 Å². The lowest BCUT2D eigenvalue weighted by atomic mass is 10.0. The molecule has 0 saturated heterocycles. The second-order valence-corrected chi connectivity index (χ2v) is 13.4. The van der Waals surface area contributed by atoms with E-state index in [1.165, 1.54) is 6.07 Å². The van der Waals surface area contributed by atoms with E-state index in [0.29, 0.717) is 18.9 Å². The van der Waals surface area contributed by atoms with Gasteiger partial charge in [0, 0.05) is 31.3 Å². The molecule has 1 aliphatic rings. The standard InChI is InChI=1S/C32H49N3O6S/c1-7-17-34(6)21-31-24(3)20-35(25(4)22-36)32(37)29-19-27(33-42(38,39)28-14-11-23(2)12-15-28)13-16-30(29)41-26(5)10-8-9-18-40-31/h11-16,19,24-26,31,33,36H,7-10,17-18,20-22H2,1-6H3/t24-,25+,26+,31-/m1/s1. The summed E-state index contributed by atoms with van der Waals surface area (Å²) >= 11 is 0. The number of anilines is 1. The van der Waals surface area contributed by atoms with Crippen LogP contribution in [-0.2, 0) is 14.8 Å². The van der Waals surface area contributed by atoms with Crippen LogP contribution in [0.25, 0.3) is 0 Å². The molecular weight excluding hydrogens is 554 g/mol. The second kappa shape index (κ2) is 15.7. The van der Waals surface area contributed by atoms with Crippen molar-refractivity contribution in [2.45, 2.75) is 83.4 Å². The Balaban J connectivity index is 2.00.